The summed E-state index contributed by atoms with van der Waals surface area (Å²) in [6.07, 6.45) is -1.47. The molecule has 1 amide bonds. The number of rotatable bonds is 4. The first-order valence-electron chi connectivity index (χ1n) is 5.38. The average Bonchev–Trinajstić information content (AvgIpc) is 2.88. The minimum atomic E-state index is -2.68. The lowest BCUT2D eigenvalue weighted by molar-refractivity contribution is 0.0945. The lowest BCUT2D eigenvalue weighted by atomic mass is 10.4. The summed E-state index contributed by atoms with van der Waals surface area (Å²) in [5.41, 5.74) is -0.423. The van der Waals surface area contributed by atoms with Gasteiger partial charge in [0.05, 0.1) is 12.9 Å². The fourth-order valence-electron chi connectivity index (χ4n) is 1.26. The van der Waals surface area contributed by atoms with Gasteiger partial charge < -0.3 is 9.88 Å². The molecule has 0 unspecified atom stereocenters. The normalized spacial score (nSPS) is 10.8. The molecule has 2 rings (SSSR count). The standard InChI is InChI=1S/C10H9F2N5O2S/c1-17-4-14-5(2-7(17)18)9(19)13-3-6-15-16-10(20-6)8(11)12/h2,4,8H,3H2,1H3,(H,13,19). The van der Waals surface area contributed by atoms with Crippen molar-refractivity contribution in [2.24, 2.45) is 7.05 Å². The first kappa shape index (κ1) is 14.2. The molecule has 0 spiro atoms. The Hall–Kier alpha value is -2.23. The van der Waals surface area contributed by atoms with Crippen LogP contribution < -0.4 is 10.9 Å². The van der Waals surface area contributed by atoms with Crippen molar-refractivity contribution in [1.29, 1.82) is 0 Å². The van der Waals surface area contributed by atoms with Crippen LogP contribution in [0, 0.1) is 0 Å². The summed E-state index contributed by atoms with van der Waals surface area (Å²) in [4.78, 5) is 26.8. The van der Waals surface area contributed by atoms with Crippen molar-refractivity contribution in [1.82, 2.24) is 25.1 Å². The molecule has 0 aromatic carbocycles. The van der Waals surface area contributed by atoms with Crippen LogP contribution in [0.4, 0.5) is 8.78 Å². The van der Waals surface area contributed by atoms with Crippen LogP contribution in [-0.2, 0) is 13.6 Å². The van der Waals surface area contributed by atoms with Crippen LogP contribution in [0.2, 0.25) is 0 Å². The van der Waals surface area contributed by atoms with Crippen molar-refractivity contribution in [3.63, 3.8) is 0 Å². The highest BCUT2D eigenvalue weighted by atomic mass is 32.1. The Bertz CT molecular complexity index is 684. The third-order valence-corrected chi connectivity index (χ3v) is 3.21. The second kappa shape index (κ2) is 5.82. The summed E-state index contributed by atoms with van der Waals surface area (Å²) in [6, 6.07) is 1.08. The molecule has 0 radical (unpaired) electrons. The van der Waals surface area contributed by atoms with E-state index in [9.17, 15) is 18.4 Å². The molecule has 20 heavy (non-hydrogen) atoms. The van der Waals surface area contributed by atoms with Gasteiger partial charge >= 0.3 is 0 Å². The van der Waals surface area contributed by atoms with Crippen molar-refractivity contribution >= 4 is 17.2 Å². The molecule has 0 saturated carbocycles. The predicted molar refractivity (Wildman–Crippen MR) is 65.5 cm³/mol. The highest BCUT2D eigenvalue weighted by Crippen LogP contribution is 2.21. The molecule has 1 N–H and O–H groups in total. The summed E-state index contributed by atoms with van der Waals surface area (Å²) in [6.45, 7) is -0.0554. The molecule has 106 valence electrons. The number of hydrogen-bond donors (Lipinski definition) is 1. The van der Waals surface area contributed by atoms with Gasteiger partial charge in [0, 0.05) is 13.1 Å². The quantitative estimate of drug-likeness (QED) is 0.888. The Kier molecular flexibility index (Phi) is 4.13. The third kappa shape index (κ3) is 3.20. The Labute approximate surface area is 115 Å². The van der Waals surface area contributed by atoms with E-state index < -0.39 is 17.3 Å². The van der Waals surface area contributed by atoms with Crippen LogP contribution in [0.15, 0.2) is 17.2 Å². The molecule has 0 atom stereocenters. The van der Waals surface area contributed by atoms with Crippen molar-refractivity contribution in [2.75, 3.05) is 0 Å². The zero-order valence-corrected chi connectivity index (χ0v) is 11.0. The molecule has 0 aliphatic heterocycles. The van der Waals surface area contributed by atoms with E-state index in [-0.39, 0.29) is 22.8 Å². The number of aromatic nitrogens is 4. The summed E-state index contributed by atoms with van der Waals surface area (Å²) in [5, 5.41) is 9.09. The molecule has 0 fully saturated rings. The maximum Gasteiger partial charge on any atom is 0.291 e. The van der Waals surface area contributed by atoms with Gasteiger partial charge in [-0.1, -0.05) is 11.3 Å². The van der Waals surface area contributed by atoms with E-state index in [0.29, 0.717) is 11.3 Å². The van der Waals surface area contributed by atoms with Gasteiger partial charge in [-0.15, -0.1) is 10.2 Å². The number of aryl methyl sites for hydroxylation is 1. The lowest BCUT2D eigenvalue weighted by Gasteiger charge is -2.02. The average molecular weight is 301 g/mol. The van der Waals surface area contributed by atoms with E-state index in [1.165, 1.54) is 17.9 Å². The van der Waals surface area contributed by atoms with Crippen molar-refractivity contribution in [3.8, 4) is 0 Å². The van der Waals surface area contributed by atoms with Gasteiger partial charge in [-0.3, -0.25) is 9.59 Å². The Morgan fingerprint density at radius 2 is 2.25 bits per heavy atom. The van der Waals surface area contributed by atoms with Crippen LogP contribution in [-0.4, -0.2) is 25.7 Å². The van der Waals surface area contributed by atoms with Crippen LogP contribution in [0.25, 0.3) is 0 Å². The van der Waals surface area contributed by atoms with E-state index in [0.717, 1.165) is 6.07 Å². The zero-order chi connectivity index (χ0) is 14.7. The summed E-state index contributed by atoms with van der Waals surface area (Å²) in [7, 11) is 1.50. The minimum Gasteiger partial charge on any atom is -0.344 e. The molecule has 2 heterocycles. The van der Waals surface area contributed by atoms with Crippen LogP contribution in [0.1, 0.15) is 26.9 Å². The van der Waals surface area contributed by atoms with Gasteiger partial charge in [-0.2, -0.15) is 0 Å². The van der Waals surface area contributed by atoms with E-state index in [2.05, 4.69) is 20.5 Å². The first-order valence-corrected chi connectivity index (χ1v) is 6.20. The largest absolute Gasteiger partial charge is 0.344 e. The van der Waals surface area contributed by atoms with E-state index in [1.807, 2.05) is 0 Å². The number of hydrogen-bond acceptors (Lipinski definition) is 6. The van der Waals surface area contributed by atoms with Crippen LogP contribution in [0.3, 0.4) is 0 Å². The number of nitrogens with one attached hydrogen (secondary N) is 1. The van der Waals surface area contributed by atoms with E-state index in [4.69, 9.17) is 0 Å². The summed E-state index contributed by atoms with van der Waals surface area (Å²) < 4.78 is 25.8. The SMILES string of the molecule is Cn1cnc(C(=O)NCc2nnc(C(F)F)s2)cc1=O. The van der Waals surface area contributed by atoms with Gasteiger partial charge in [0.15, 0.2) is 5.01 Å². The molecule has 10 heteroatoms. The maximum absolute atomic E-state index is 12.3. The Balaban J connectivity index is 2.00. The summed E-state index contributed by atoms with van der Waals surface area (Å²) in [5.74, 6) is -0.587. The van der Waals surface area contributed by atoms with E-state index >= 15 is 0 Å². The number of nitrogens with zero attached hydrogens (tertiary/aromatic N) is 4. The van der Waals surface area contributed by atoms with Crippen molar-refractivity contribution in [3.05, 3.63) is 38.5 Å². The molecule has 0 aliphatic carbocycles. The third-order valence-electron chi connectivity index (χ3n) is 2.28. The second-order valence-corrected chi connectivity index (χ2v) is 4.83. The summed E-state index contributed by atoms with van der Waals surface area (Å²) >= 11 is 0.711. The molecular formula is C10H9F2N5O2S. The second-order valence-electron chi connectivity index (χ2n) is 3.74. The van der Waals surface area contributed by atoms with Crippen molar-refractivity contribution in [2.45, 2.75) is 13.0 Å². The Morgan fingerprint density at radius 1 is 1.50 bits per heavy atom. The zero-order valence-electron chi connectivity index (χ0n) is 10.2. The minimum absolute atomic E-state index is 0.0494. The van der Waals surface area contributed by atoms with Crippen LogP contribution in [0.5, 0.6) is 0 Å². The fraction of sp³-hybridized carbons (Fsp3) is 0.300. The predicted octanol–water partition coefficient (Wildman–Crippen LogP) is 0.499. The lowest BCUT2D eigenvalue weighted by Crippen LogP contribution is -2.27. The maximum atomic E-state index is 12.3. The fourth-order valence-corrected chi connectivity index (χ4v) is 1.90. The van der Waals surface area contributed by atoms with Gasteiger partial charge in [0.2, 0.25) is 0 Å². The number of alkyl halides is 2. The Morgan fingerprint density at radius 3 is 2.85 bits per heavy atom. The highest BCUT2D eigenvalue weighted by molar-refractivity contribution is 7.11. The number of amides is 1. The molecule has 0 aliphatic rings. The first-order chi connectivity index (χ1) is 9.47. The molecule has 0 saturated heterocycles. The smallest absolute Gasteiger partial charge is 0.291 e. The number of halogens is 2. The van der Waals surface area contributed by atoms with Gasteiger partial charge in [-0.05, 0) is 0 Å². The molecule has 2 aromatic rings. The highest BCUT2D eigenvalue weighted by Gasteiger charge is 2.15. The van der Waals surface area contributed by atoms with Gasteiger partial charge in [0.1, 0.15) is 10.7 Å². The molecule has 7 nitrogen and oxygen atoms in total. The van der Waals surface area contributed by atoms with E-state index in [1.54, 1.807) is 0 Å². The van der Waals surface area contributed by atoms with Crippen molar-refractivity contribution < 1.29 is 13.6 Å². The molecule has 2 aromatic heterocycles. The molecule has 0 bridgehead atoms. The number of carbonyl (C=O) groups is 1. The monoisotopic (exact) mass is 301 g/mol. The van der Waals surface area contributed by atoms with Gasteiger partial charge in [-0.25, -0.2) is 13.8 Å². The number of carbonyl (C=O) groups excluding carboxylic acids is 1. The van der Waals surface area contributed by atoms with Crippen LogP contribution >= 0.6 is 11.3 Å². The topological polar surface area (TPSA) is 89.8 Å². The van der Waals surface area contributed by atoms with Gasteiger partial charge in [0.25, 0.3) is 17.9 Å². The molecular weight excluding hydrogens is 292 g/mol.